The van der Waals surface area contributed by atoms with Gasteiger partial charge in [0.2, 0.25) is 5.60 Å². The van der Waals surface area contributed by atoms with Crippen molar-refractivity contribution in [2.75, 3.05) is 21.3 Å². The second-order valence-electron chi connectivity index (χ2n) is 12.0. The number of hydrogen-bond acceptors (Lipinski definition) is 10. The number of aliphatic hydroxyl groups is 1. The average Bonchev–Trinajstić information content (AvgIpc) is 3.19. The second kappa shape index (κ2) is 14.2. The largest absolute Gasteiger partial charge is 0.467 e. The molecule has 0 radical (unpaired) electrons. The van der Waals surface area contributed by atoms with Gasteiger partial charge in [0, 0.05) is 6.08 Å². The van der Waals surface area contributed by atoms with Crippen LogP contribution in [-0.2, 0) is 42.5 Å². The molecule has 0 aromatic heterocycles. The van der Waals surface area contributed by atoms with Gasteiger partial charge in [-0.25, -0.2) is 14.4 Å². The molecular weight excluding hydrogens is 524 g/mol. The number of esters is 3. The van der Waals surface area contributed by atoms with Crippen molar-refractivity contribution in [3.05, 3.63) is 11.6 Å². The molecule has 1 N–H and O–H groups in total. The smallest absolute Gasteiger partial charge is 0.345 e. The first kappa shape index (κ1) is 35.2. The molecule has 1 aliphatic rings. The van der Waals surface area contributed by atoms with Crippen LogP contribution in [0.4, 0.5) is 0 Å². The molecule has 0 saturated carbocycles. The fourth-order valence-electron chi connectivity index (χ4n) is 4.32. The molecule has 0 amide bonds. The van der Waals surface area contributed by atoms with Crippen LogP contribution in [0.25, 0.3) is 0 Å². The highest BCUT2D eigenvalue weighted by molar-refractivity contribution is 6.74. The van der Waals surface area contributed by atoms with E-state index in [1.165, 1.54) is 0 Å². The van der Waals surface area contributed by atoms with Crippen LogP contribution >= 0.6 is 0 Å². The quantitative estimate of drug-likeness (QED) is 0.105. The molecule has 0 aromatic carbocycles. The summed E-state index contributed by atoms with van der Waals surface area (Å²) < 4.78 is 33.7. The highest BCUT2D eigenvalue weighted by Gasteiger charge is 2.63. The van der Waals surface area contributed by atoms with Gasteiger partial charge >= 0.3 is 17.9 Å². The van der Waals surface area contributed by atoms with E-state index >= 15 is 0 Å². The third-order valence-electron chi connectivity index (χ3n) is 7.53. The van der Waals surface area contributed by atoms with Crippen LogP contribution in [0.1, 0.15) is 80.1 Å². The fourth-order valence-corrected chi connectivity index (χ4v) is 5.69. The van der Waals surface area contributed by atoms with E-state index in [0.29, 0.717) is 12.5 Å². The molecule has 226 valence electrons. The molecule has 39 heavy (non-hydrogen) atoms. The van der Waals surface area contributed by atoms with Crippen molar-refractivity contribution in [2.45, 2.75) is 128 Å². The zero-order valence-electron chi connectivity index (χ0n) is 25.7. The van der Waals surface area contributed by atoms with E-state index in [0.717, 1.165) is 53.4 Å². The number of unbranched alkanes of at least 4 members (excludes halogenated alkanes) is 4. The van der Waals surface area contributed by atoms with Gasteiger partial charge in [0.25, 0.3) is 0 Å². The maximum Gasteiger partial charge on any atom is 0.345 e. The Labute approximate surface area is 234 Å². The Bertz CT molecular complexity index is 876. The van der Waals surface area contributed by atoms with Gasteiger partial charge in [-0.1, -0.05) is 59.8 Å². The average molecular weight is 575 g/mol. The summed E-state index contributed by atoms with van der Waals surface area (Å²) in [5.74, 6) is -4.58. The molecule has 0 bridgehead atoms. The van der Waals surface area contributed by atoms with E-state index in [-0.39, 0.29) is 5.04 Å². The van der Waals surface area contributed by atoms with Crippen LogP contribution in [0, 0.1) is 0 Å². The highest BCUT2D eigenvalue weighted by Crippen LogP contribution is 2.44. The number of hydrogen-bond donors (Lipinski definition) is 1. The molecule has 1 aliphatic heterocycles. The minimum Gasteiger partial charge on any atom is -0.467 e. The summed E-state index contributed by atoms with van der Waals surface area (Å²) in [6, 6.07) is 0. The van der Waals surface area contributed by atoms with E-state index in [9.17, 15) is 19.5 Å². The molecule has 1 rings (SSSR count). The van der Waals surface area contributed by atoms with Crippen molar-refractivity contribution in [2.24, 2.45) is 0 Å². The minimum absolute atomic E-state index is 0.140. The van der Waals surface area contributed by atoms with E-state index in [2.05, 4.69) is 45.5 Å². The summed E-state index contributed by atoms with van der Waals surface area (Å²) >= 11 is 0. The van der Waals surface area contributed by atoms with Crippen molar-refractivity contribution >= 4 is 26.2 Å². The lowest BCUT2D eigenvalue weighted by Gasteiger charge is -2.42. The Hall–Kier alpha value is -1.79. The maximum absolute atomic E-state index is 13.3. The molecule has 0 aliphatic carbocycles. The molecule has 0 unspecified atom stereocenters. The van der Waals surface area contributed by atoms with Gasteiger partial charge in [0.1, 0.15) is 12.2 Å². The van der Waals surface area contributed by atoms with Crippen molar-refractivity contribution in [3.8, 4) is 0 Å². The SMILES string of the molecule is CCCCCCC[C@H](O[Si](C)(C)C(C)(C)C)[C@@H]1OC(C)(C)O[C@H]1[C@@](O)(C(=O)OC)/C(=C/C(=O)OC)C(=O)OC. The van der Waals surface area contributed by atoms with Gasteiger partial charge in [0.05, 0.1) is 33.0 Å². The first-order valence-electron chi connectivity index (χ1n) is 13.6. The third-order valence-corrected chi connectivity index (χ3v) is 12.0. The van der Waals surface area contributed by atoms with Crippen LogP contribution in [0.3, 0.4) is 0 Å². The van der Waals surface area contributed by atoms with Crippen LogP contribution < -0.4 is 0 Å². The number of ether oxygens (including phenoxy) is 5. The van der Waals surface area contributed by atoms with Gasteiger partial charge in [-0.2, -0.15) is 0 Å². The third kappa shape index (κ3) is 8.85. The lowest BCUT2D eigenvalue weighted by molar-refractivity contribution is -0.187. The Kier molecular flexibility index (Phi) is 12.8. The molecule has 0 spiro atoms. The predicted molar refractivity (Wildman–Crippen MR) is 148 cm³/mol. The van der Waals surface area contributed by atoms with E-state index < -0.39 is 61.5 Å². The summed E-state index contributed by atoms with van der Waals surface area (Å²) in [6.45, 7) is 16.0. The lowest BCUT2D eigenvalue weighted by Crippen LogP contribution is -2.60. The Morgan fingerprint density at radius 2 is 1.56 bits per heavy atom. The van der Waals surface area contributed by atoms with E-state index in [1.54, 1.807) is 13.8 Å². The van der Waals surface area contributed by atoms with Crippen LogP contribution in [0.5, 0.6) is 0 Å². The van der Waals surface area contributed by atoms with Gasteiger partial charge < -0.3 is 33.2 Å². The van der Waals surface area contributed by atoms with Crippen LogP contribution in [-0.4, -0.2) is 82.4 Å². The van der Waals surface area contributed by atoms with Gasteiger partial charge in [-0.15, -0.1) is 0 Å². The molecule has 1 heterocycles. The standard InChI is InChI=1S/C28H50O10Si/c1-12-13-14-15-16-17-20(38-39(10,11)26(2,3)4)22-23(37-27(5,6)36-22)28(32,25(31)35-9)19(24(30)34-8)18-21(29)33-7/h18,20,22-23,32H,12-17H2,1-11H3/b19-18+/t20-,22-,23+,28+/m0/s1. The van der Waals surface area contributed by atoms with Gasteiger partial charge in [-0.05, 0) is 38.4 Å². The van der Waals surface area contributed by atoms with Crippen molar-refractivity contribution in [1.29, 1.82) is 0 Å². The molecule has 0 aromatic rings. The maximum atomic E-state index is 13.3. The Morgan fingerprint density at radius 1 is 0.974 bits per heavy atom. The second-order valence-corrected chi connectivity index (χ2v) is 16.7. The summed E-state index contributed by atoms with van der Waals surface area (Å²) in [4.78, 5) is 38.4. The summed E-state index contributed by atoms with van der Waals surface area (Å²) in [6.07, 6.45) is 3.33. The fraction of sp³-hybridized carbons (Fsp3) is 0.821. The Balaban J connectivity index is 3.74. The van der Waals surface area contributed by atoms with Crippen molar-refractivity contribution in [1.82, 2.24) is 0 Å². The first-order valence-corrected chi connectivity index (χ1v) is 16.5. The zero-order valence-corrected chi connectivity index (χ0v) is 26.7. The summed E-state index contributed by atoms with van der Waals surface area (Å²) in [7, 11) is 0.853. The first-order chi connectivity index (χ1) is 17.9. The van der Waals surface area contributed by atoms with E-state index in [4.69, 9.17) is 23.4 Å². The van der Waals surface area contributed by atoms with Gasteiger partial charge in [0.15, 0.2) is 14.1 Å². The van der Waals surface area contributed by atoms with Crippen LogP contribution in [0.2, 0.25) is 18.1 Å². The number of carbonyl (C=O) groups excluding carboxylic acids is 3. The minimum atomic E-state index is -2.77. The zero-order chi connectivity index (χ0) is 30.2. The number of methoxy groups -OCH3 is 3. The number of carbonyl (C=O) groups is 3. The summed E-state index contributed by atoms with van der Waals surface area (Å²) in [5.41, 5.74) is -3.46. The topological polar surface area (TPSA) is 127 Å². The van der Waals surface area contributed by atoms with Crippen molar-refractivity contribution in [3.63, 3.8) is 0 Å². The normalized spacial score (nSPS) is 22.1. The predicted octanol–water partition coefficient (Wildman–Crippen LogP) is 4.43. The lowest BCUT2D eigenvalue weighted by atomic mass is 9.82. The molecular formula is C28H50O10Si. The Morgan fingerprint density at radius 3 is 2.05 bits per heavy atom. The monoisotopic (exact) mass is 574 g/mol. The highest BCUT2D eigenvalue weighted by atomic mass is 28.4. The van der Waals surface area contributed by atoms with Crippen molar-refractivity contribution < 1.29 is 47.6 Å². The molecule has 10 nitrogen and oxygen atoms in total. The molecule has 4 atom stereocenters. The van der Waals surface area contributed by atoms with E-state index in [1.807, 2.05) is 0 Å². The molecule has 1 saturated heterocycles. The van der Waals surface area contributed by atoms with Crippen LogP contribution in [0.15, 0.2) is 11.6 Å². The van der Waals surface area contributed by atoms with Gasteiger partial charge in [-0.3, -0.25) is 0 Å². The molecule has 1 fully saturated rings. The summed E-state index contributed by atoms with van der Waals surface area (Å²) in [5, 5.41) is 11.9. The molecule has 11 heteroatoms. The number of rotatable bonds is 14.